The van der Waals surface area contributed by atoms with Gasteiger partial charge in [0.05, 0.1) is 22.3 Å². The molecule has 1 N–H and O–H groups in total. The normalized spacial score (nSPS) is 22.8. The summed E-state index contributed by atoms with van der Waals surface area (Å²) in [5.74, 6) is -1.20. The van der Waals surface area contributed by atoms with Gasteiger partial charge in [-0.1, -0.05) is 19.9 Å². The number of anilines is 1. The van der Waals surface area contributed by atoms with Crippen molar-refractivity contribution in [1.82, 2.24) is 29.7 Å². The summed E-state index contributed by atoms with van der Waals surface area (Å²) in [6, 6.07) is 7.36. The van der Waals surface area contributed by atoms with E-state index in [1.165, 1.54) is 22.8 Å². The number of nitrogens with zero attached hydrogens (tertiary/aromatic N) is 6. The molecule has 3 aliphatic heterocycles. The van der Waals surface area contributed by atoms with E-state index in [9.17, 15) is 4.79 Å². The molecule has 11 nitrogen and oxygen atoms in total. The highest BCUT2D eigenvalue weighted by Crippen LogP contribution is 2.42. The average molecular weight is 634 g/mol. The van der Waals surface area contributed by atoms with Crippen LogP contribution in [0.3, 0.4) is 0 Å². The summed E-state index contributed by atoms with van der Waals surface area (Å²) in [5.41, 5.74) is 0.758. The molecule has 0 spiro atoms. The molecule has 0 amide bonds. The standard InChI is InChI=1S/C33H37F2N7O4/c1-17(2)27-29-19(9-10-37-27)30-24(45-25(46-30)15-40(4)5)16-44-23-8-6-7-21(34)26(23)28-22(35)13-20-31(41-12-11-36-14-18(41)3)39-33(43)42(29)32(20)38-28/h6-10,13,17-18,24-25,30,36H,11-12,14-16H2,1-5H3/t18-,24?,25?,30?/m0/s1. The van der Waals surface area contributed by atoms with E-state index in [0.717, 1.165) is 0 Å². The molecule has 0 saturated carbocycles. The smallest absolute Gasteiger partial charge is 0.355 e. The summed E-state index contributed by atoms with van der Waals surface area (Å²) in [4.78, 5) is 32.3. The quantitative estimate of drug-likeness (QED) is 0.357. The Bertz CT molecular complexity index is 1870. The molecule has 242 valence electrons. The molecule has 0 radical (unpaired) electrons. The zero-order valence-electron chi connectivity index (χ0n) is 26.5. The van der Waals surface area contributed by atoms with Crippen molar-refractivity contribution in [3.05, 3.63) is 69.9 Å². The van der Waals surface area contributed by atoms with Crippen LogP contribution in [0.1, 0.15) is 44.1 Å². The molecule has 2 bridgehead atoms. The molecule has 3 aromatic heterocycles. The average Bonchev–Trinajstić information content (AvgIpc) is 3.41. The summed E-state index contributed by atoms with van der Waals surface area (Å²) in [6.45, 7) is 8.27. The minimum Gasteiger partial charge on any atom is -0.490 e. The highest BCUT2D eigenvalue weighted by atomic mass is 19.1. The fourth-order valence-corrected chi connectivity index (χ4v) is 6.60. The summed E-state index contributed by atoms with van der Waals surface area (Å²) < 4.78 is 52.4. The number of aromatic nitrogens is 4. The van der Waals surface area contributed by atoms with Gasteiger partial charge in [0.2, 0.25) is 0 Å². The van der Waals surface area contributed by atoms with Crippen LogP contribution in [0.15, 0.2) is 41.3 Å². The van der Waals surface area contributed by atoms with E-state index in [0.29, 0.717) is 54.3 Å². The molecule has 6 heterocycles. The van der Waals surface area contributed by atoms with Crippen molar-refractivity contribution in [3.63, 3.8) is 0 Å². The van der Waals surface area contributed by atoms with E-state index in [1.54, 1.807) is 18.3 Å². The van der Waals surface area contributed by atoms with Crippen LogP contribution < -0.4 is 20.6 Å². The lowest BCUT2D eigenvalue weighted by Crippen LogP contribution is -2.50. The van der Waals surface area contributed by atoms with Crippen molar-refractivity contribution in [2.45, 2.75) is 51.2 Å². The van der Waals surface area contributed by atoms with Crippen LogP contribution in [-0.4, -0.2) is 89.7 Å². The number of hydrogen-bond acceptors (Lipinski definition) is 10. The van der Waals surface area contributed by atoms with Crippen molar-refractivity contribution in [3.8, 4) is 22.7 Å². The zero-order chi connectivity index (χ0) is 32.3. The number of ether oxygens (including phenoxy) is 3. The predicted molar refractivity (Wildman–Crippen MR) is 169 cm³/mol. The SMILES string of the molecule is CC(C)c1nccc2c1-n1c(=O)nc(N3CCNC[C@@H]3C)c3cc(F)c(nc31)-c1c(F)cccc1OCC1OC(CN(C)C)OC21. The minimum absolute atomic E-state index is 0.0294. The number of piperazine rings is 1. The maximum absolute atomic E-state index is 16.3. The fraction of sp³-hybridized carbons (Fsp3) is 0.455. The van der Waals surface area contributed by atoms with E-state index in [2.05, 4.69) is 10.3 Å². The molecule has 1 aromatic carbocycles. The van der Waals surface area contributed by atoms with E-state index in [4.69, 9.17) is 24.2 Å². The Labute approximate surface area is 265 Å². The van der Waals surface area contributed by atoms with Gasteiger partial charge >= 0.3 is 5.69 Å². The van der Waals surface area contributed by atoms with Crippen molar-refractivity contribution in [1.29, 1.82) is 0 Å². The number of rotatable bonds is 4. The van der Waals surface area contributed by atoms with Crippen LogP contribution in [0, 0.1) is 11.6 Å². The van der Waals surface area contributed by atoms with Gasteiger partial charge in [-0.2, -0.15) is 4.98 Å². The topological polar surface area (TPSA) is 107 Å². The van der Waals surface area contributed by atoms with Crippen molar-refractivity contribution in [2.24, 2.45) is 0 Å². The highest BCUT2D eigenvalue weighted by Gasteiger charge is 2.41. The maximum atomic E-state index is 16.3. The van der Waals surface area contributed by atoms with E-state index < -0.39 is 35.8 Å². The molecular formula is C33H37F2N7O4. The minimum atomic E-state index is -0.768. The molecule has 0 aliphatic carbocycles. The molecule has 13 heteroatoms. The summed E-state index contributed by atoms with van der Waals surface area (Å²) >= 11 is 0. The van der Waals surface area contributed by atoms with Crippen LogP contribution in [0.5, 0.6) is 5.75 Å². The highest BCUT2D eigenvalue weighted by molar-refractivity contribution is 5.91. The Morgan fingerprint density at radius 2 is 1.96 bits per heavy atom. The van der Waals surface area contributed by atoms with Crippen molar-refractivity contribution >= 4 is 16.9 Å². The van der Waals surface area contributed by atoms with E-state index in [1.807, 2.05) is 44.7 Å². The van der Waals surface area contributed by atoms with Crippen LogP contribution in [-0.2, 0) is 9.47 Å². The predicted octanol–water partition coefficient (Wildman–Crippen LogP) is 3.78. The third-order valence-electron chi connectivity index (χ3n) is 8.73. The molecule has 3 unspecified atom stereocenters. The van der Waals surface area contributed by atoms with Gasteiger partial charge in [0.15, 0.2) is 17.8 Å². The first kappa shape index (κ1) is 30.6. The third-order valence-corrected chi connectivity index (χ3v) is 8.73. The van der Waals surface area contributed by atoms with Gasteiger partial charge in [-0.3, -0.25) is 4.98 Å². The van der Waals surface area contributed by atoms with Gasteiger partial charge in [0.25, 0.3) is 0 Å². The van der Waals surface area contributed by atoms with Gasteiger partial charge in [0, 0.05) is 44.0 Å². The van der Waals surface area contributed by atoms with E-state index in [-0.39, 0.29) is 41.2 Å². The Kier molecular flexibility index (Phi) is 7.96. The van der Waals surface area contributed by atoms with Crippen LogP contribution in [0.25, 0.3) is 28.0 Å². The lowest BCUT2D eigenvalue weighted by atomic mass is 9.97. The molecule has 4 aromatic rings. The van der Waals surface area contributed by atoms with Crippen LogP contribution in [0.4, 0.5) is 14.6 Å². The Hall–Kier alpha value is -4.04. The monoisotopic (exact) mass is 633 g/mol. The molecule has 7 rings (SSSR count). The molecule has 4 atom stereocenters. The second-order valence-corrected chi connectivity index (χ2v) is 12.6. The summed E-state index contributed by atoms with van der Waals surface area (Å²) in [5, 5.41) is 3.66. The lowest BCUT2D eigenvalue weighted by molar-refractivity contribution is -0.0806. The number of pyridine rings is 2. The molecule has 3 aliphatic rings. The first-order valence-electron chi connectivity index (χ1n) is 15.6. The number of hydrogen-bond donors (Lipinski definition) is 1. The van der Waals surface area contributed by atoms with Gasteiger partial charge in [0.1, 0.15) is 41.9 Å². The summed E-state index contributed by atoms with van der Waals surface area (Å²) in [7, 11) is 3.83. The Morgan fingerprint density at radius 1 is 1.13 bits per heavy atom. The number of nitrogens with one attached hydrogen (secondary N) is 1. The van der Waals surface area contributed by atoms with Gasteiger partial charge in [-0.15, -0.1) is 0 Å². The first-order valence-corrected chi connectivity index (χ1v) is 15.6. The first-order chi connectivity index (χ1) is 22.1. The van der Waals surface area contributed by atoms with Crippen LogP contribution in [0.2, 0.25) is 0 Å². The molecule has 2 saturated heterocycles. The third kappa shape index (κ3) is 5.20. The number of likely N-dealkylation sites (N-methyl/N-ethyl adjacent to an activating group) is 1. The van der Waals surface area contributed by atoms with Gasteiger partial charge < -0.3 is 29.3 Å². The second-order valence-electron chi connectivity index (χ2n) is 12.6. The fourth-order valence-electron chi connectivity index (χ4n) is 6.60. The molecule has 46 heavy (non-hydrogen) atoms. The number of benzene rings is 1. The van der Waals surface area contributed by atoms with Crippen LogP contribution >= 0.6 is 0 Å². The summed E-state index contributed by atoms with van der Waals surface area (Å²) in [6.07, 6.45) is -0.275. The Morgan fingerprint density at radius 3 is 2.72 bits per heavy atom. The number of fused-ring (bicyclic) bond motifs is 7. The van der Waals surface area contributed by atoms with Crippen molar-refractivity contribution < 1.29 is 23.0 Å². The molecule has 2 fully saturated rings. The Balaban J connectivity index is 1.59. The second kappa shape index (κ2) is 12.0. The molecular weight excluding hydrogens is 596 g/mol. The largest absolute Gasteiger partial charge is 0.490 e. The van der Waals surface area contributed by atoms with Crippen molar-refractivity contribution in [2.75, 3.05) is 51.8 Å². The zero-order valence-corrected chi connectivity index (χ0v) is 26.5. The van der Waals surface area contributed by atoms with Gasteiger partial charge in [-0.05, 0) is 51.2 Å². The van der Waals surface area contributed by atoms with Gasteiger partial charge in [-0.25, -0.2) is 23.1 Å². The lowest BCUT2D eigenvalue weighted by Gasteiger charge is -2.35. The maximum Gasteiger partial charge on any atom is 0.355 e. The number of halogens is 2. The van der Waals surface area contributed by atoms with E-state index >= 15 is 8.78 Å².